The minimum atomic E-state index is 0.520. The van der Waals surface area contributed by atoms with Gasteiger partial charge in [-0.25, -0.2) is 0 Å². The molecule has 2 nitrogen and oxygen atoms in total. The molecule has 3 fully saturated rings. The second-order valence-corrected chi connectivity index (χ2v) is 4.81. The van der Waals surface area contributed by atoms with Crippen molar-refractivity contribution in [2.75, 3.05) is 20.1 Å². The molecule has 1 N–H and O–H groups in total. The van der Waals surface area contributed by atoms with Gasteiger partial charge in [0.25, 0.3) is 0 Å². The normalized spacial score (nSPS) is 48.5. The summed E-state index contributed by atoms with van der Waals surface area (Å²) >= 11 is 0. The van der Waals surface area contributed by atoms with Crippen LogP contribution in [-0.2, 0) is 0 Å². The zero-order valence-electron chi connectivity index (χ0n) is 8.02. The molecule has 3 rings (SSSR count). The van der Waals surface area contributed by atoms with Crippen molar-refractivity contribution in [3.8, 4) is 0 Å². The van der Waals surface area contributed by atoms with Gasteiger partial charge in [-0.3, -0.25) is 4.90 Å². The zero-order chi connectivity index (χ0) is 8.22. The fourth-order valence-electron chi connectivity index (χ4n) is 3.02. The van der Waals surface area contributed by atoms with Crippen LogP contribution in [0.2, 0.25) is 0 Å². The van der Waals surface area contributed by atoms with E-state index < -0.39 is 0 Å². The molecule has 2 bridgehead atoms. The fraction of sp³-hybridized carbons (Fsp3) is 1.00. The summed E-state index contributed by atoms with van der Waals surface area (Å²) in [6, 6.07) is 1.67. The van der Waals surface area contributed by atoms with Gasteiger partial charge < -0.3 is 4.90 Å². The number of quaternary nitrogens is 1. The highest BCUT2D eigenvalue weighted by molar-refractivity contribution is 4.96. The lowest BCUT2D eigenvalue weighted by atomic mass is 9.77. The lowest BCUT2D eigenvalue weighted by Crippen LogP contribution is -3.35. The Bertz CT molecular complexity index is 160. The van der Waals surface area contributed by atoms with E-state index in [2.05, 4.69) is 32.7 Å². The second kappa shape index (κ2) is 1.99. The van der Waals surface area contributed by atoms with Crippen molar-refractivity contribution >= 4 is 0 Å². The van der Waals surface area contributed by atoms with Gasteiger partial charge in [-0.2, -0.15) is 0 Å². The highest BCUT2D eigenvalue weighted by Gasteiger charge is 2.58. The third kappa shape index (κ3) is 0.798. The smallest absolute Gasteiger partial charge is 0.114 e. The van der Waals surface area contributed by atoms with Crippen LogP contribution in [0.15, 0.2) is 0 Å². The molecule has 0 saturated carbocycles. The summed E-state index contributed by atoms with van der Waals surface area (Å²) in [6.45, 7) is 9.79. The predicted molar refractivity (Wildman–Crippen MR) is 45.8 cm³/mol. The molecule has 3 atom stereocenters. The Morgan fingerprint density at radius 2 is 2.09 bits per heavy atom. The maximum Gasteiger partial charge on any atom is 0.114 e. The Balaban J connectivity index is 2.20. The number of rotatable bonds is 0. The fourth-order valence-corrected chi connectivity index (χ4v) is 3.02. The first kappa shape index (κ1) is 7.56. The van der Waals surface area contributed by atoms with Gasteiger partial charge in [-0.05, 0) is 27.8 Å². The van der Waals surface area contributed by atoms with Crippen LogP contribution >= 0.6 is 0 Å². The van der Waals surface area contributed by atoms with Crippen molar-refractivity contribution in [2.45, 2.75) is 38.4 Å². The summed E-state index contributed by atoms with van der Waals surface area (Å²) in [5.41, 5.74) is 0.520. The first-order valence-corrected chi connectivity index (χ1v) is 4.60. The Morgan fingerprint density at radius 1 is 1.45 bits per heavy atom. The lowest BCUT2D eigenvalue weighted by Gasteiger charge is -2.61. The van der Waals surface area contributed by atoms with Gasteiger partial charge >= 0.3 is 0 Å². The molecule has 11 heavy (non-hydrogen) atoms. The first-order valence-electron chi connectivity index (χ1n) is 4.60. The van der Waals surface area contributed by atoms with E-state index in [4.69, 9.17) is 0 Å². The molecule has 0 spiro atoms. The van der Waals surface area contributed by atoms with Crippen molar-refractivity contribution in [1.29, 1.82) is 0 Å². The summed E-state index contributed by atoms with van der Waals surface area (Å²) in [5.74, 6) is 0. The van der Waals surface area contributed by atoms with E-state index in [9.17, 15) is 0 Å². The van der Waals surface area contributed by atoms with Gasteiger partial charge in [0.2, 0.25) is 0 Å². The van der Waals surface area contributed by atoms with E-state index >= 15 is 0 Å². The predicted octanol–water partition coefficient (Wildman–Crippen LogP) is -0.634. The number of likely N-dealkylation sites (N-methyl/N-ethyl adjacent to an activating group) is 1. The van der Waals surface area contributed by atoms with Crippen LogP contribution < -0.4 is 4.90 Å². The van der Waals surface area contributed by atoms with Crippen molar-refractivity contribution in [1.82, 2.24) is 4.90 Å². The Kier molecular flexibility index (Phi) is 1.37. The molecule has 3 unspecified atom stereocenters. The molecule has 64 valence electrons. The second-order valence-electron chi connectivity index (χ2n) is 4.81. The van der Waals surface area contributed by atoms with E-state index in [0.29, 0.717) is 5.54 Å². The molecule has 0 aliphatic carbocycles. The van der Waals surface area contributed by atoms with Gasteiger partial charge in [0.05, 0.1) is 19.1 Å². The van der Waals surface area contributed by atoms with E-state index in [-0.39, 0.29) is 0 Å². The summed E-state index contributed by atoms with van der Waals surface area (Å²) in [4.78, 5) is 4.33. The average molecular weight is 155 g/mol. The maximum atomic E-state index is 2.53. The molecule has 2 heteroatoms. The molecule has 0 aromatic heterocycles. The Morgan fingerprint density at radius 3 is 2.45 bits per heavy atom. The third-order valence-electron chi connectivity index (χ3n) is 3.76. The van der Waals surface area contributed by atoms with Crippen LogP contribution in [-0.4, -0.2) is 42.7 Å². The lowest BCUT2D eigenvalue weighted by molar-refractivity contribution is -1.03. The molecule has 0 aromatic carbocycles. The van der Waals surface area contributed by atoms with E-state index in [1.165, 1.54) is 13.1 Å². The minimum Gasteiger partial charge on any atom is -0.324 e. The number of nitrogens with one attached hydrogen (secondary N) is 1. The van der Waals surface area contributed by atoms with Crippen LogP contribution in [0.25, 0.3) is 0 Å². The number of fused-ring (bicyclic) bond motifs is 2. The summed E-state index contributed by atoms with van der Waals surface area (Å²) < 4.78 is 0. The monoisotopic (exact) mass is 155 g/mol. The minimum absolute atomic E-state index is 0.520. The van der Waals surface area contributed by atoms with Crippen LogP contribution in [0, 0.1) is 0 Å². The number of hydrogen-bond acceptors (Lipinski definition) is 1. The van der Waals surface area contributed by atoms with Crippen molar-refractivity contribution < 1.29 is 4.90 Å². The quantitative estimate of drug-likeness (QED) is 0.489. The van der Waals surface area contributed by atoms with Gasteiger partial charge in [-0.15, -0.1) is 0 Å². The third-order valence-corrected chi connectivity index (χ3v) is 3.76. The SMILES string of the molecule is CC1CN(C)C2C[NH+]1C2(C)C. The molecule has 0 aromatic rings. The maximum absolute atomic E-state index is 2.53. The standard InChI is InChI=1S/C9H18N2/c1-7-5-10(4)8-6-11(7)9(8,2)3/h7-8H,5-6H2,1-4H3/p+1. The topological polar surface area (TPSA) is 7.68 Å². The highest BCUT2D eigenvalue weighted by atomic mass is 15.4. The highest BCUT2D eigenvalue weighted by Crippen LogP contribution is 2.22. The Labute approximate surface area is 69.2 Å². The first-order chi connectivity index (χ1) is 5.03. The number of hydrogen-bond donors (Lipinski definition) is 1. The van der Waals surface area contributed by atoms with E-state index in [0.717, 1.165) is 12.1 Å². The van der Waals surface area contributed by atoms with Crippen LogP contribution in [0.4, 0.5) is 0 Å². The molecule has 3 saturated heterocycles. The zero-order valence-corrected chi connectivity index (χ0v) is 8.02. The summed E-state index contributed by atoms with van der Waals surface area (Å²) in [7, 11) is 2.26. The molecule has 3 aliphatic heterocycles. The van der Waals surface area contributed by atoms with Crippen LogP contribution in [0.1, 0.15) is 20.8 Å². The molecule has 0 amide bonds. The van der Waals surface area contributed by atoms with E-state index in [1.807, 2.05) is 0 Å². The van der Waals surface area contributed by atoms with Gasteiger partial charge in [-0.1, -0.05) is 0 Å². The Hall–Kier alpha value is -0.0800. The molecular weight excluding hydrogens is 136 g/mol. The molecule has 3 aliphatic rings. The molecule has 3 heterocycles. The largest absolute Gasteiger partial charge is 0.324 e. The van der Waals surface area contributed by atoms with Gasteiger partial charge in [0.15, 0.2) is 0 Å². The van der Waals surface area contributed by atoms with E-state index in [1.54, 1.807) is 4.90 Å². The summed E-state index contributed by atoms with van der Waals surface area (Å²) in [5, 5.41) is 0. The van der Waals surface area contributed by atoms with Crippen LogP contribution in [0.3, 0.4) is 0 Å². The van der Waals surface area contributed by atoms with Crippen molar-refractivity contribution in [3.63, 3.8) is 0 Å². The van der Waals surface area contributed by atoms with Crippen molar-refractivity contribution in [2.24, 2.45) is 0 Å². The van der Waals surface area contributed by atoms with Crippen molar-refractivity contribution in [3.05, 3.63) is 0 Å². The van der Waals surface area contributed by atoms with Crippen LogP contribution in [0.5, 0.6) is 0 Å². The summed E-state index contributed by atoms with van der Waals surface area (Å²) in [6.07, 6.45) is 0. The number of piperazine rings is 2. The molecule has 0 radical (unpaired) electrons. The average Bonchev–Trinajstić information content (AvgIpc) is 1.84. The van der Waals surface area contributed by atoms with Gasteiger partial charge in [0, 0.05) is 0 Å². The number of nitrogens with zero attached hydrogens (tertiary/aromatic N) is 1. The molecular formula is C9H19N2+. The van der Waals surface area contributed by atoms with Gasteiger partial charge in [0.1, 0.15) is 11.6 Å².